The van der Waals surface area contributed by atoms with Gasteiger partial charge in [-0.3, -0.25) is 4.79 Å². The molecule has 2 aromatic rings. The van der Waals surface area contributed by atoms with Gasteiger partial charge < -0.3 is 5.11 Å². The van der Waals surface area contributed by atoms with E-state index in [4.69, 9.17) is 5.11 Å². The fraction of sp³-hybridized carbons (Fsp3) is 0.320. The molecule has 0 radical (unpaired) electrons. The van der Waals surface area contributed by atoms with Crippen LogP contribution in [0.2, 0.25) is 0 Å². The number of aryl methyl sites for hydroxylation is 1. The number of carbonyl (C=O) groups is 1. The molecule has 140 valence electrons. The Morgan fingerprint density at radius 3 is 2.37 bits per heavy atom. The van der Waals surface area contributed by atoms with Crippen LogP contribution in [0.25, 0.3) is 17.2 Å². The highest BCUT2D eigenvalue weighted by Crippen LogP contribution is 2.44. The van der Waals surface area contributed by atoms with E-state index in [0.717, 1.165) is 6.42 Å². The van der Waals surface area contributed by atoms with E-state index >= 15 is 0 Å². The minimum Gasteiger partial charge on any atom is -0.481 e. The molecule has 0 bridgehead atoms. The van der Waals surface area contributed by atoms with E-state index in [0.29, 0.717) is 12.3 Å². The first kappa shape index (κ1) is 19.2. The van der Waals surface area contributed by atoms with Gasteiger partial charge in [0.25, 0.3) is 0 Å². The van der Waals surface area contributed by atoms with E-state index in [9.17, 15) is 4.79 Å². The molecule has 0 unspecified atom stereocenters. The minimum atomic E-state index is -0.745. The van der Waals surface area contributed by atoms with E-state index in [1.807, 2.05) is 0 Å². The highest BCUT2D eigenvalue weighted by Gasteiger charge is 2.24. The van der Waals surface area contributed by atoms with Crippen LogP contribution in [0.4, 0.5) is 0 Å². The number of hydrogen-bond acceptors (Lipinski definition) is 1. The molecule has 0 amide bonds. The summed E-state index contributed by atoms with van der Waals surface area (Å²) in [6, 6.07) is 15.3. The SMILES string of the molecule is CCc1ccc2c(c1)C(CCC(=O)O)=C(C)/C2=C/c1ccc(C(C)C)cc1. The van der Waals surface area contributed by atoms with Gasteiger partial charge in [0.05, 0.1) is 0 Å². The standard InChI is InChI=1S/C25H28O2/c1-5-18-8-11-22-23(15-19-6-9-20(10-7-19)16(2)3)17(4)21(24(22)14-18)12-13-25(26)27/h6-11,14-16H,5,12-13H2,1-4H3,(H,26,27)/b23-15-. The molecule has 0 aliphatic heterocycles. The van der Waals surface area contributed by atoms with Crippen molar-refractivity contribution in [2.24, 2.45) is 0 Å². The van der Waals surface area contributed by atoms with Crippen LogP contribution in [0, 0.1) is 0 Å². The average molecular weight is 360 g/mol. The quantitative estimate of drug-likeness (QED) is 0.633. The van der Waals surface area contributed by atoms with Crippen molar-refractivity contribution in [2.45, 2.75) is 52.9 Å². The summed E-state index contributed by atoms with van der Waals surface area (Å²) in [6.07, 6.45) is 3.95. The highest BCUT2D eigenvalue weighted by atomic mass is 16.4. The Bertz CT molecular complexity index is 912. The van der Waals surface area contributed by atoms with Crippen LogP contribution >= 0.6 is 0 Å². The lowest BCUT2D eigenvalue weighted by Gasteiger charge is -2.08. The lowest BCUT2D eigenvalue weighted by molar-refractivity contribution is -0.136. The zero-order valence-electron chi connectivity index (χ0n) is 16.7. The molecule has 27 heavy (non-hydrogen) atoms. The molecular weight excluding hydrogens is 332 g/mol. The molecule has 1 aliphatic rings. The fourth-order valence-corrected chi connectivity index (χ4v) is 3.75. The lowest BCUT2D eigenvalue weighted by atomic mass is 9.96. The predicted octanol–water partition coefficient (Wildman–Crippen LogP) is 6.56. The third kappa shape index (κ3) is 4.05. The molecular formula is C25H28O2. The van der Waals surface area contributed by atoms with Crippen molar-refractivity contribution in [2.75, 3.05) is 0 Å². The topological polar surface area (TPSA) is 37.3 Å². The first-order chi connectivity index (χ1) is 12.9. The van der Waals surface area contributed by atoms with Crippen LogP contribution in [0.1, 0.15) is 74.3 Å². The van der Waals surface area contributed by atoms with E-state index < -0.39 is 5.97 Å². The summed E-state index contributed by atoms with van der Waals surface area (Å²) < 4.78 is 0. The normalized spacial score (nSPS) is 14.9. The van der Waals surface area contributed by atoms with E-state index in [-0.39, 0.29) is 6.42 Å². The Morgan fingerprint density at radius 1 is 1.07 bits per heavy atom. The van der Waals surface area contributed by atoms with Crippen molar-refractivity contribution in [3.05, 3.63) is 75.9 Å². The summed E-state index contributed by atoms with van der Waals surface area (Å²) in [6.45, 7) is 8.68. The summed E-state index contributed by atoms with van der Waals surface area (Å²) >= 11 is 0. The van der Waals surface area contributed by atoms with Crippen molar-refractivity contribution in [1.29, 1.82) is 0 Å². The average Bonchev–Trinajstić information content (AvgIpc) is 2.91. The maximum absolute atomic E-state index is 11.1. The molecule has 2 nitrogen and oxygen atoms in total. The van der Waals surface area contributed by atoms with Gasteiger partial charge in [0.15, 0.2) is 0 Å². The fourth-order valence-electron chi connectivity index (χ4n) is 3.75. The molecule has 0 saturated heterocycles. The third-order valence-corrected chi connectivity index (χ3v) is 5.47. The van der Waals surface area contributed by atoms with E-state index in [1.54, 1.807) is 0 Å². The number of fused-ring (bicyclic) bond motifs is 1. The number of hydrogen-bond donors (Lipinski definition) is 1. The van der Waals surface area contributed by atoms with Crippen molar-refractivity contribution >= 4 is 23.2 Å². The molecule has 0 aromatic heterocycles. The monoisotopic (exact) mass is 360 g/mol. The molecule has 0 spiro atoms. The van der Waals surface area contributed by atoms with Gasteiger partial charge in [-0.25, -0.2) is 0 Å². The summed E-state index contributed by atoms with van der Waals surface area (Å²) in [7, 11) is 0. The second-order valence-corrected chi connectivity index (χ2v) is 7.61. The smallest absolute Gasteiger partial charge is 0.303 e. The van der Waals surface area contributed by atoms with Gasteiger partial charge in [0, 0.05) is 6.42 Å². The summed E-state index contributed by atoms with van der Waals surface area (Å²) in [5.74, 6) is -0.221. The van der Waals surface area contributed by atoms with Gasteiger partial charge in [-0.05, 0) is 76.3 Å². The third-order valence-electron chi connectivity index (χ3n) is 5.47. The van der Waals surface area contributed by atoms with Crippen LogP contribution in [-0.4, -0.2) is 11.1 Å². The largest absolute Gasteiger partial charge is 0.481 e. The second kappa shape index (κ2) is 7.96. The van der Waals surface area contributed by atoms with Crippen LogP contribution in [0.5, 0.6) is 0 Å². The Balaban J connectivity index is 2.05. The number of allylic oxidation sites excluding steroid dienone is 3. The van der Waals surface area contributed by atoms with Crippen molar-refractivity contribution < 1.29 is 9.90 Å². The minimum absolute atomic E-state index is 0.166. The first-order valence-electron chi connectivity index (χ1n) is 9.78. The number of carboxylic acids is 1. The van der Waals surface area contributed by atoms with Gasteiger partial charge >= 0.3 is 5.97 Å². The molecule has 2 heteroatoms. The van der Waals surface area contributed by atoms with Crippen LogP contribution in [0.3, 0.4) is 0 Å². The molecule has 1 aliphatic carbocycles. The van der Waals surface area contributed by atoms with E-state index in [1.165, 1.54) is 44.5 Å². The molecule has 0 fully saturated rings. The Labute approximate surface area is 162 Å². The number of benzene rings is 2. The lowest BCUT2D eigenvalue weighted by Crippen LogP contribution is -1.96. The van der Waals surface area contributed by atoms with Crippen molar-refractivity contribution in [3.63, 3.8) is 0 Å². The van der Waals surface area contributed by atoms with Crippen molar-refractivity contribution in [3.8, 4) is 0 Å². The van der Waals surface area contributed by atoms with Gasteiger partial charge in [-0.15, -0.1) is 0 Å². The molecule has 2 aromatic carbocycles. The van der Waals surface area contributed by atoms with E-state index in [2.05, 4.69) is 76.2 Å². The van der Waals surface area contributed by atoms with Gasteiger partial charge in [-0.2, -0.15) is 0 Å². The molecule has 0 heterocycles. The van der Waals surface area contributed by atoms with Gasteiger partial charge in [0.2, 0.25) is 0 Å². The van der Waals surface area contributed by atoms with Gasteiger partial charge in [0.1, 0.15) is 0 Å². The molecule has 0 saturated carbocycles. The highest BCUT2D eigenvalue weighted by molar-refractivity contribution is 6.05. The summed E-state index contributed by atoms with van der Waals surface area (Å²) in [5, 5.41) is 9.14. The zero-order valence-corrected chi connectivity index (χ0v) is 16.7. The zero-order chi connectivity index (χ0) is 19.6. The van der Waals surface area contributed by atoms with Gasteiger partial charge in [-0.1, -0.05) is 63.2 Å². The Morgan fingerprint density at radius 2 is 1.78 bits per heavy atom. The maximum Gasteiger partial charge on any atom is 0.303 e. The Hall–Kier alpha value is -2.61. The van der Waals surface area contributed by atoms with Crippen LogP contribution in [-0.2, 0) is 11.2 Å². The number of rotatable bonds is 6. The maximum atomic E-state index is 11.1. The van der Waals surface area contributed by atoms with Crippen molar-refractivity contribution in [1.82, 2.24) is 0 Å². The summed E-state index contributed by atoms with van der Waals surface area (Å²) in [4.78, 5) is 11.1. The molecule has 3 rings (SSSR count). The first-order valence-corrected chi connectivity index (χ1v) is 9.78. The predicted molar refractivity (Wildman–Crippen MR) is 114 cm³/mol. The Kier molecular flexibility index (Phi) is 5.65. The van der Waals surface area contributed by atoms with Crippen LogP contribution in [0.15, 0.2) is 48.0 Å². The molecule has 1 N–H and O–H groups in total. The van der Waals surface area contributed by atoms with Crippen LogP contribution < -0.4 is 0 Å². The number of aliphatic carboxylic acids is 1. The number of carboxylic acid groups (broad SMARTS) is 1. The second-order valence-electron chi connectivity index (χ2n) is 7.61. The summed E-state index contributed by atoms with van der Waals surface area (Å²) in [5.41, 5.74) is 9.82. The molecule has 0 atom stereocenters.